The van der Waals surface area contributed by atoms with Crippen LogP contribution in [-0.2, 0) is 13.3 Å². The van der Waals surface area contributed by atoms with Gasteiger partial charge in [0, 0.05) is 38.0 Å². The summed E-state index contributed by atoms with van der Waals surface area (Å²) >= 11 is 0. The maximum Gasteiger partial charge on any atom is 0.500 e. The minimum absolute atomic E-state index is 0.00983. The maximum atomic E-state index is 12.4. The second-order valence-corrected chi connectivity index (χ2v) is 8.76. The molecule has 0 fully saturated rings. The highest BCUT2D eigenvalue weighted by Crippen LogP contribution is 2.22. The van der Waals surface area contributed by atoms with Crippen LogP contribution in [0.25, 0.3) is 0 Å². The fourth-order valence-electron chi connectivity index (χ4n) is 2.98. The maximum absolute atomic E-state index is 12.4. The van der Waals surface area contributed by atoms with Gasteiger partial charge in [0.2, 0.25) is 0 Å². The summed E-state index contributed by atoms with van der Waals surface area (Å²) in [6.45, 7) is 7.49. The zero-order valence-corrected chi connectivity index (χ0v) is 17.3. The lowest BCUT2D eigenvalue weighted by Gasteiger charge is -2.28. The third kappa shape index (κ3) is 4.83. The van der Waals surface area contributed by atoms with Crippen LogP contribution in [0.3, 0.4) is 0 Å². The van der Waals surface area contributed by atoms with E-state index < -0.39 is 20.6 Å². The Bertz CT molecular complexity index is 724. The van der Waals surface area contributed by atoms with Crippen molar-refractivity contribution in [2.75, 3.05) is 26.4 Å². The Hall–Kier alpha value is -2.11. The molecule has 1 heterocycles. The van der Waals surface area contributed by atoms with Gasteiger partial charge in [-0.15, -0.1) is 5.06 Å². The van der Waals surface area contributed by atoms with Gasteiger partial charge in [-0.3, -0.25) is 19.6 Å². The summed E-state index contributed by atoms with van der Waals surface area (Å²) in [6.07, 6.45) is 0.602. The van der Waals surface area contributed by atoms with Gasteiger partial charge in [-0.05, 0) is 45.4 Å². The van der Waals surface area contributed by atoms with E-state index in [1.165, 1.54) is 18.2 Å². The summed E-state index contributed by atoms with van der Waals surface area (Å²) in [5, 5.41) is 12.2. The van der Waals surface area contributed by atoms with Crippen molar-refractivity contribution in [2.45, 2.75) is 33.2 Å². The molecule has 0 saturated carbocycles. The van der Waals surface area contributed by atoms with Crippen molar-refractivity contribution in [3.05, 3.63) is 34.9 Å². The van der Waals surface area contributed by atoms with Crippen molar-refractivity contribution in [3.63, 3.8) is 0 Å². The third-order valence-electron chi connectivity index (χ3n) is 4.17. The van der Waals surface area contributed by atoms with Gasteiger partial charge < -0.3 is 18.6 Å². The summed E-state index contributed by atoms with van der Waals surface area (Å²) in [7, 11) is -2.75. The Kier molecular flexibility index (Phi) is 7.84. The van der Waals surface area contributed by atoms with Gasteiger partial charge in [-0.1, -0.05) is 0 Å². The van der Waals surface area contributed by atoms with E-state index in [-0.39, 0.29) is 27.7 Å². The zero-order valence-electron chi connectivity index (χ0n) is 16.3. The number of imide groups is 1. The number of rotatable bonds is 11. The quantitative estimate of drug-likeness (QED) is 0.248. The fourth-order valence-corrected chi connectivity index (χ4v) is 5.59. The molecule has 2 N–H and O–H groups in total. The van der Waals surface area contributed by atoms with Crippen molar-refractivity contribution in [2.24, 2.45) is 0 Å². The Morgan fingerprint density at radius 1 is 1.04 bits per heavy atom. The third-order valence-corrected chi connectivity index (χ3v) is 7.32. The van der Waals surface area contributed by atoms with Crippen LogP contribution < -0.4 is 5.32 Å². The first kappa shape index (κ1) is 22.2. The monoisotopic (exact) mass is 410 g/mol. The van der Waals surface area contributed by atoms with Crippen molar-refractivity contribution < 1.29 is 32.9 Å². The fraction of sp³-hybridized carbons (Fsp3) is 0.500. The second kappa shape index (κ2) is 9.89. The molecule has 1 aromatic rings. The Labute approximate surface area is 164 Å². The number of carbonyl (C=O) groups is 3. The highest BCUT2D eigenvalue weighted by Gasteiger charge is 2.39. The van der Waals surface area contributed by atoms with Crippen LogP contribution in [0.15, 0.2) is 18.2 Å². The van der Waals surface area contributed by atoms with Gasteiger partial charge in [0.1, 0.15) is 0 Å². The van der Waals surface area contributed by atoms with Crippen LogP contribution in [-0.4, -0.2) is 63.2 Å². The molecule has 0 radical (unpaired) electrons. The predicted octanol–water partition coefficient (Wildman–Crippen LogP) is 1.84. The Morgan fingerprint density at radius 3 is 2.18 bits per heavy atom. The molecular formula is C18H26N2O7Si. The second-order valence-electron chi connectivity index (χ2n) is 6.02. The van der Waals surface area contributed by atoms with E-state index in [0.29, 0.717) is 38.8 Å². The number of hydrogen-bond donors (Lipinski definition) is 2. The van der Waals surface area contributed by atoms with Crippen molar-refractivity contribution in [3.8, 4) is 0 Å². The molecule has 9 nitrogen and oxygen atoms in total. The van der Waals surface area contributed by atoms with Crippen molar-refractivity contribution in [1.29, 1.82) is 0 Å². The summed E-state index contributed by atoms with van der Waals surface area (Å²) in [5.74, 6) is -2.01. The summed E-state index contributed by atoms with van der Waals surface area (Å²) in [5.41, 5.74) is 0.318. The van der Waals surface area contributed by atoms with Gasteiger partial charge in [-0.25, -0.2) is 0 Å². The van der Waals surface area contributed by atoms with Crippen LogP contribution >= 0.6 is 0 Å². The molecule has 1 aliphatic heterocycles. The Morgan fingerprint density at radius 2 is 1.61 bits per heavy atom. The molecule has 0 spiro atoms. The number of carbonyl (C=O) groups excluding carboxylic acids is 3. The van der Waals surface area contributed by atoms with Gasteiger partial charge in [0.15, 0.2) is 0 Å². The highest BCUT2D eigenvalue weighted by atomic mass is 28.4. The number of benzene rings is 1. The molecule has 2 rings (SSSR count). The molecule has 154 valence electrons. The molecule has 1 aromatic carbocycles. The average Bonchev–Trinajstić information content (AvgIpc) is 2.89. The minimum atomic E-state index is -2.75. The lowest BCUT2D eigenvalue weighted by atomic mass is 10.1. The van der Waals surface area contributed by atoms with Crippen molar-refractivity contribution in [1.82, 2.24) is 10.4 Å². The topological polar surface area (TPSA) is 114 Å². The molecule has 0 atom stereocenters. The number of nitrogens with one attached hydrogen (secondary N) is 1. The molecule has 0 aromatic heterocycles. The molecule has 3 amide bonds. The smallest absolute Gasteiger partial charge is 0.374 e. The van der Waals surface area contributed by atoms with E-state index in [1.54, 1.807) is 0 Å². The standard InChI is InChI=1S/C18H26N2O7Si/c1-4-25-28(26-5-2,27-6-3)11-7-10-19-16(21)13-8-9-14-15(12-13)18(23)20(24)17(14)22/h8-9,12,24H,4-7,10-11H2,1-3H3,(H,19,21). The van der Waals surface area contributed by atoms with E-state index in [9.17, 15) is 19.6 Å². The number of fused-ring (bicyclic) bond motifs is 1. The average molecular weight is 410 g/mol. The first-order valence-corrected chi connectivity index (χ1v) is 11.2. The van der Waals surface area contributed by atoms with E-state index >= 15 is 0 Å². The van der Waals surface area contributed by atoms with Gasteiger partial charge in [0.25, 0.3) is 17.7 Å². The van der Waals surface area contributed by atoms with Crippen LogP contribution in [0.5, 0.6) is 0 Å². The molecule has 0 bridgehead atoms. The van der Waals surface area contributed by atoms with Gasteiger partial charge in [-0.2, -0.15) is 0 Å². The summed E-state index contributed by atoms with van der Waals surface area (Å²) < 4.78 is 17.3. The number of amides is 3. The first-order valence-electron chi connectivity index (χ1n) is 9.30. The SMILES string of the molecule is CCO[Si](CCCNC(=O)c1ccc2c(c1)C(=O)N(O)C2=O)(OCC)OCC. The predicted molar refractivity (Wildman–Crippen MR) is 101 cm³/mol. The van der Waals surface area contributed by atoms with Crippen LogP contribution in [0.4, 0.5) is 0 Å². The summed E-state index contributed by atoms with van der Waals surface area (Å²) in [6, 6.07) is 4.68. The molecule has 10 heteroatoms. The summed E-state index contributed by atoms with van der Waals surface area (Å²) in [4.78, 5) is 35.8. The molecule has 0 saturated heterocycles. The van der Waals surface area contributed by atoms with Crippen molar-refractivity contribution >= 4 is 26.5 Å². The Balaban J connectivity index is 1.94. The highest BCUT2D eigenvalue weighted by molar-refractivity contribution is 6.60. The lowest BCUT2D eigenvalue weighted by Crippen LogP contribution is -2.46. The first-order chi connectivity index (χ1) is 13.4. The van der Waals surface area contributed by atoms with Gasteiger partial charge in [0.05, 0.1) is 11.1 Å². The van der Waals surface area contributed by atoms with E-state index in [1.807, 2.05) is 20.8 Å². The van der Waals surface area contributed by atoms with Crippen LogP contribution in [0.1, 0.15) is 58.3 Å². The molecule has 28 heavy (non-hydrogen) atoms. The van der Waals surface area contributed by atoms with E-state index in [4.69, 9.17) is 13.3 Å². The lowest BCUT2D eigenvalue weighted by molar-refractivity contribution is -0.0327. The zero-order chi connectivity index (χ0) is 20.7. The number of hydroxylamine groups is 2. The van der Waals surface area contributed by atoms with Gasteiger partial charge >= 0.3 is 8.80 Å². The largest absolute Gasteiger partial charge is 0.500 e. The molecule has 0 aliphatic carbocycles. The van der Waals surface area contributed by atoms with E-state index in [0.717, 1.165) is 0 Å². The van der Waals surface area contributed by atoms with Crippen LogP contribution in [0.2, 0.25) is 6.04 Å². The normalized spacial score (nSPS) is 13.8. The molecule has 1 aliphatic rings. The minimum Gasteiger partial charge on any atom is -0.374 e. The van der Waals surface area contributed by atoms with E-state index in [2.05, 4.69) is 5.32 Å². The number of nitrogens with zero attached hydrogens (tertiary/aromatic N) is 1. The molecule has 0 unspecified atom stereocenters. The molecular weight excluding hydrogens is 384 g/mol. The number of hydrogen-bond acceptors (Lipinski definition) is 7. The van der Waals surface area contributed by atoms with Crippen LogP contribution in [0, 0.1) is 0 Å².